The predicted octanol–water partition coefficient (Wildman–Crippen LogP) is 2.84. The molecule has 0 fully saturated rings. The molecule has 1 aliphatic rings. The SMILES string of the molecule is COCCC(C)(C)CNC(=O)c1cccc2c1NCCC2. The molecule has 1 aromatic carbocycles. The van der Waals surface area contributed by atoms with Crippen LogP contribution < -0.4 is 10.6 Å². The van der Waals surface area contributed by atoms with Gasteiger partial charge in [-0.05, 0) is 36.3 Å². The highest BCUT2D eigenvalue weighted by molar-refractivity contribution is 6.00. The van der Waals surface area contributed by atoms with Crippen molar-refractivity contribution in [1.29, 1.82) is 0 Å². The van der Waals surface area contributed by atoms with Gasteiger partial charge < -0.3 is 15.4 Å². The van der Waals surface area contributed by atoms with Crippen LogP contribution in [0, 0.1) is 5.41 Å². The number of hydrogen-bond acceptors (Lipinski definition) is 3. The summed E-state index contributed by atoms with van der Waals surface area (Å²) >= 11 is 0. The van der Waals surface area contributed by atoms with Crippen molar-refractivity contribution in [3.05, 3.63) is 29.3 Å². The van der Waals surface area contributed by atoms with E-state index in [0.717, 1.165) is 37.1 Å². The lowest BCUT2D eigenvalue weighted by Crippen LogP contribution is -2.35. The molecule has 1 heterocycles. The van der Waals surface area contributed by atoms with Crippen molar-refractivity contribution < 1.29 is 9.53 Å². The molecule has 0 spiro atoms. The van der Waals surface area contributed by atoms with Gasteiger partial charge in [0.25, 0.3) is 5.91 Å². The Balaban J connectivity index is 2.01. The van der Waals surface area contributed by atoms with E-state index in [0.29, 0.717) is 13.2 Å². The van der Waals surface area contributed by atoms with Crippen molar-refractivity contribution >= 4 is 11.6 Å². The Bertz CT molecular complexity index is 498. The number of para-hydroxylation sites is 1. The van der Waals surface area contributed by atoms with Crippen molar-refractivity contribution in [3.8, 4) is 0 Å². The molecule has 4 nitrogen and oxygen atoms in total. The Morgan fingerprint density at radius 1 is 1.43 bits per heavy atom. The third kappa shape index (κ3) is 4.21. The Kier molecular flexibility index (Phi) is 5.23. The predicted molar refractivity (Wildman–Crippen MR) is 85.9 cm³/mol. The number of benzene rings is 1. The smallest absolute Gasteiger partial charge is 0.253 e. The molecule has 1 aliphatic heterocycles. The van der Waals surface area contributed by atoms with E-state index in [9.17, 15) is 4.79 Å². The first-order valence-corrected chi connectivity index (χ1v) is 7.66. The highest BCUT2D eigenvalue weighted by Crippen LogP contribution is 2.26. The molecule has 2 N–H and O–H groups in total. The van der Waals surface area contributed by atoms with E-state index in [1.807, 2.05) is 12.1 Å². The zero-order valence-corrected chi connectivity index (χ0v) is 13.3. The number of hydrogen-bond donors (Lipinski definition) is 2. The molecule has 0 atom stereocenters. The molecule has 0 saturated carbocycles. The van der Waals surface area contributed by atoms with Crippen LogP contribution in [0.5, 0.6) is 0 Å². The number of aryl methyl sites for hydroxylation is 1. The average Bonchev–Trinajstić information content (AvgIpc) is 2.50. The normalized spacial score (nSPS) is 14.2. The maximum absolute atomic E-state index is 12.5. The number of anilines is 1. The van der Waals surface area contributed by atoms with Crippen LogP contribution in [-0.2, 0) is 11.2 Å². The maximum Gasteiger partial charge on any atom is 0.253 e. The van der Waals surface area contributed by atoms with Crippen LogP contribution in [0.25, 0.3) is 0 Å². The fourth-order valence-corrected chi connectivity index (χ4v) is 2.58. The molecule has 0 unspecified atom stereocenters. The van der Waals surface area contributed by atoms with E-state index in [4.69, 9.17) is 4.74 Å². The first kappa shape index (κ1) is 15.8. The van der Waals surface area contributed by atoms with E-state index in [2.05, 4.69) is 30.5 Å². The van der Waals surface area contributed by atoms with Crippen molar-refractivity contribution in [2.75, 3.05) is 32.1 Å². The minimum Gasteiger partial charge on any atom is -0.385 e. The lowest BCUT2D eigenvalue weighted by atomic mass is 9.89. The molecule has 116 valence electrons. The third-order valence-electron chi connectivity index (χ3n) is 4.03. The lowest BCUT2D eigenvalue weighted by Gasteiger charge is -2.25. The molecular weight excluding hydrogens is 264 g/mol. The van der Waals surface area contributed by atoms with Gasteiger partial charge in [-0.1, -0.05) is 26.0 Å². The second-order valence-corrected chi connectivity index (χ2v) is 6.46. The number of amides is 1. The van der Waals surface area contributed by atoms with Crippen LogP contribution in [0.4, 0.5) is 5.69 Å². The summed E-state index contributed by atoms with van der Waals surface area (Å²) in [5, 5.41) is 6.43. The van der Waals surface area contributed by atoms with Gasteiger partial charge in [-0.3, -0.25) is 4.79 Å². The molecule has 2 rings (SSSR count). The Morgan fingerprint density at radius 2 is 2.24 bits per heavy atom. The number of rotatable bonds is 6. The van der Waals surface area contributed by atoms with Crippen LogP contribution >= 0.6 is 0 Å². The van der Waals surface area contributed by atoms with Crippen LogP contribution in [0.2, 0.25) is 0 Å². The van der Waals surface area contributed by atoms with Gasteiger partial charge in [0.2, 0.25) is 0 Å². The Hall–Kier alpha value is -1.55. The standard InChI is InChI=1S/C17H26N2O2/c1-17(2,9-11-21-3)12-19-16(20)14-8-4-6-13-7-5-10-18-15(13)14/h4,6,8,18H,5,7,9-12H2,1-3H3,(H,19,20). The Morgan fingerprint density at radius 3 is 3.00 bits per heavy atom. The number of ether oxygens (including phenoxy) is 1. The molecule has 0 saturated heterocycles. The summed E-state index contributed by atoms with van der Waals surface area (Å²) in [6, 6.07) is 5.96. The van der Waals surface area contributed by atoms with Crippen LogP contribution in [0.3, 0.4) is 0 Å². The number of fused-ring (bicyclic) bond motifs is 1. The van der Waals surface area contributed by atoms with Crippen molar-refractivity contribution in [3.63, 3.8) is 0 Å². The fraction of sp³-hybridized carbons (Fsp3) is 0.588. The zero-order chi connectivity index (χ0) is 15.3. The van der Waals surface area contributed by atoms with E-state index >= 15 is 0 Å². The third-order valence-corrected chi connectivity index (χ3v) is 4.03. The van der Waals surface area contributed by atoms with E-state index in [1.54, 1.807) is 7.11 Å². The highest BCUT2D eigenvalue weighted by atomic mass is 16.5. The molecule has 0 radical (unpaired) electrons. The van der Waals surface area contributed by atoms with Crippen molar-refractivity contribution in [2.45, 2.75) is 33.1 Å². The van der Waals surface area contributed by atoms with E-state index in [1.165, 1.54) is 5.56 Å². The van der Waals surface area contributed by atoms with E-state index < -0.39 is 0 Å². The minimum atomic E-state index is 0.00624. The monoisotopic (exact) mass is 290 g/mol. The molecule has 0 aromatic heterocycles. The molecular formula is C17H26N2O2. The lowest BCUT2D eigenvalue weighted by molar-refractivity contribution is 0.0921. The van der Waals surface area contributed by atoms with Gasteiger partial charge in [0, 0.05) is 26.8 Å². The first-order valence-electron chi connectivity index (χ1n) is 7.66. The zero-order valence-electron chi connectivity index (χ0n) is 13.3. The van der Waals surface area contributed by atoms with Crippen LogP contribution in [0.15, 0.2) is 18.2 Å². The van der Waals surface area contributed by atoms with Crippen LogP contribution in [0.1, 0.15) is 42.6 Å². The minimum absolute atomic E-state index is 0.00624. The molecule has 1 amide bonds. The topological polar surface area (TPSA) is 50.4 Å². The fourth-order valence-electron chi connectivity index (χ4n) is 2.58. The van der Waals surface area contributed by atoms with Gasteiger partial charge in [0.1, 0.15) is 0 Å². The quantitative estimate of drug-likeness (QED) is 0.847. The average molecular weight is 290 g/mol. The maximum atomic E-state index is 12.5. The number of carbonyl (C=O) groups excluding carboxylic acids is 1. The molecule has 0 aliphatic carbocycles. The van der Waals surface area contributed by atoms with Crippen molar-refractivity contribution in [2.24, 2.45) is 5.41 Å². The molecule has 1 aromatic rings. The number of nitrogens with one attached hydrogen (secondary N) is 2. The second kappa shape index (κ2) is 6.94. The van der Waals surface area contributed by atoms with Gasteiger partial charge in [0.15, 0.2) is 0 Å². The van der Waals surface area contributed by atoms with Gasteiger partial charge in [-0.2, -0.15) is 0 Å². The van der Waals surface area contributed by atoms with Crippen LogP contribution in [-0.4, -0.2) is 32.7 Å². The summed E-state index contributed by atoms with van der Waals surface area (Å²) < 4.78 is 5.12. The first-order chi connectivity index (χ1) is 10.0. The van der Waals surface area contributed by atoms with Crippen molar-refractivity contribution in [1.82, 2.24) is 5.32 Å². The van der Waals surface area contributed by atoms with Gasteiger partial charge in [0.05, 0.1) is 11.3 Å². The summed E-state index contributed by atoms with van der Waals surface area (Å²) in [7, 11) is 1.70. The summed E-state index contributed by atoms with van der Waals surface area (Å²) in [6.45, 7) is 6.59. The molecule has 21 heavy (non-hydrogen) atoms. The second-order valence-electron chi connectivity index (χ2n) is 6.46. The molecule has 4 heteroatoms. The van der Waals surface area contributed by atoms with Gasteiger partial charge in [-0.15, -0.1) is 0 Å². The van der Waals surface area contributed by atoms with Gasteiger partial charge >= 0.3 is 0 Å². The molecule has 0 bridgehead atoms. The highest BCUT2D eigenvalue weighted by Gasteiger charge is 2.21. The summed E-state index contributed by atoms with van der Waals surface area (Å²) in [5.41, 5.74) is 3.05. The Labute approximate surface area is 127 Å². The van der Waals surface area contributed by atoms with Gasteiger partial charge in [-0.25, -0.2) is 0 Å². The summed E-state index contributed by atoms with van der Waals surface area (Å²) in [4.78, 5) is 12.5. The largest absolute Gasteiger partial charge is 0.385 e. The number of carbonyl (C=O) groups is 1. The number of methoxy groups -OCH3 is 1. The summed E-state index contributed by atoms with van der Waals surface area (Å²) in [5.74, 6) is 0.00624. The summed E-state index contributed by atoms with van der Waals surface area (Å²) in [6.07, 6.45) is 3.10. The van der Waals surface area contributed by atoms with E-state index in [-0.39, 0.29) is 11.3 Å².